The molecule has 0 aromatic heterocycles. The third-order valence-corrected chi connectivity index (χ3v) is 9.55. The molecule has 0 bridgehead atoms. The van der Waals surface area contributed by atoms with Gasteiger partial charge in [0.25, 0.3) is 0 Å². The number of amides is 4. The van der Waals surface area contributed by atoms with Crippen LogP contribution in [-0.4, -0.2) is 83.3 Å². The predicted octanol–water partition coefficient (Wildman–Crippen LogP) is 4.05. The number of urea groups is 1. The van der Waals surface area contributed by atoms with E-state index < -0.39 is 41.8 Å². The third-order valence-electron chi connectivity index (χ3n) is 9.55. The van der Waals surface area contributed by atoms with Crippen LogP contribution in [0, 0.1) is 17.8 Å². The highest BCUT2D eigenvalue weighted by Gasteiger charge is 2.30. The molecular weight excluding hydrogens is 686 g/mol. The summed E-state index contributed by atoms with van der Waals surface area (Å²) in [6.45, 7) is 1.61. The number of nitrogens with one attached hydrogen (secondary N) is 4. The number of hydrogen-bond acceptors (Lipinski definition) is 8. The molecule has 1 aliphatic carbocycles. The fourth-order valence-electron chi connectivity index (χ4n) is 6.51. The number of hydrogen-bond donors (Lipinski definition) is 6. The zero-order chi connectivity index (χ0) is 38.8. The standard InChI is InChI=1S/C37H49N7O9/c1-23(45)30(15-16-34(48)49)42-37(53)43-31(36(51)52)8-4-5-17-39-35(50)29(19-25-11-12-26-6-2-3-7-28(26)18-25)20-32(46)27-13-9-24(10-14-27)21-40-33(47)22-41-44-38/h2-3,6-7,11-12,18,24,27,29-31H,4-5,8-10,13-17,19-22H2,1H3,(H,39,50)(H,40,47)(H,48,49)(H,51,52)(H2,42,43,53)/t24?,27?,29-,30+,31+/m1/s1. The van der Waals surface area contributed by atoms with Gasteiger partial charge in [0.15, 0.2) is 5.78 Å². The molecule has 0 saturated heterocycles. The number of aliphatic carboxylic acids is 2. The number of rotatable bonds is 22. The topological polar surface area (TPSA) is 257 Å². The van der Waals surface area contributed by atoms with Gasteiger partial charge in [-0.25, -0.2) is 9.59 Å². The second-order valence-corrected chi connectivity index (χ2v) is 13.6. The Morgan fingerprint density at radius 1 is 0.887 bits per heavy atom. The van der Waals surface area contributed by atoms with Gasteiger partial charge in [0.05, 0.1) is 6.04 Å². The van der Waals surface area contributed by atoms with Crippen LogP contribution >= 0.6 is 0 Å². The minimum absolute atomic E-state index is 0.0143. The van der Waals surface area contributed by atoms with Crippen LogP contribution in [0.3, 0.4) is 0 Å². The van der Waals surface area contributed by atoms with Crippen molar-refractivity contribution < 1.29 is 43.8 Å². The van der Waals surface area contributed by atoms with Gasteiger partial charge in [-0.2, -0.15) is 0 Å². The second kappa shape index (κ2) is 21.8. The van der Waals surface area contributed by atoms with Gasteiger partial charge in [0.2, 0.25) is 11.8 Å². The number of carboxylic acids is 2. The van der Waals surface area contributed by atoms with E-state index in [-0.39, 0.29) is 68.2 Å². The van der Waals surface area contributed by atoms with E-state index in [1.807, 2.05) is 42.5 Å². The summed E-state index contributed by atoms with van der Waals surface area (Å²) in [7, 11) is 0. The van der Waals surface area contributed by atoms with Crippen LogP contribution in [0.15, 0.2) is 47.6 Å². The van der Waals surface area contributed by atoms with E-state index in [2.05, 4.69) is 31.3 Å². The minimum atomic E-state index is -1.29. The Morgan fingerprint density at radius 3 is 2.25 bits per heavy atom. The van der Waals surface area contributed by atoms with Gasteiger partial charge in [-0.05, 0) is 92.5 Å². The number of unbranched alkanes of at least 4 members (excludes halogenated alkanes) is 1. The Hall–Kier alpha value is -5.50. The lowest BCUT2D eigenvalue weighted by molar-refractivity contribution is -0.139. The molecule has 16 heteroatoms. The minimum Gasteiger partial charge on any atom is -0.481 e. The molecule has 0 radical (unpaired) electrons. The zero-order valence-corrected chi connectivity index (χ0v) is 29.9. The maximum absolute atomic E-state index is 13.6. The zero-order valence-electron chi connectivity index (χ0n) is 29.9. The molecule has 3 rings (SSSR count). The van der Waals surface area contributed by atoms with Crippen molar-refractivity contribution in [3.8, 4) is 0 Å². The number of ketones is 2. The molecule has 1 aliphatic rings. The Morgan fingerprint density at radius 2 is 1.58 bits per heavy atom. The quantitative estimate of drug-likeness (QED) is 0.0441. The SMILES string of the molecule is CC(=O)[C@H](CCC(=O)O)NC(=O)N[C@@H](CCCCNC(=O)[C@@H](CC(=O)C1CCC(CNC(=O)CN=[N+]=[N-])CC1)Cc1ccc2ccccc2c1)C(=O)O. The third kappa shape index (κ3) is 14.9. The van der Waals surface area contributed by atoms with Gasteiger partial charge in [0, 0.05) is 42.7 Å². The number of fused-ring (bicyclic) bond motifs is 1. The fraction of sp³-hybridized carbons (Fsp3) is 0.541. The van der Waals surface area contributed by atoms with E-state index >= 15 is 0 Å². The highest BCUT2D eigenvalue weighted by molar-refractivity contribution is 5.90. The van der Waals surface area contributed by atoms with Gasteiger partial charge in [-0.3, -0.25) is 24.0 Å². The first-order valence-corrected chi connectivity index (χ1v) is 17.9. The summed E-state index contributed by atoms with van der Waals surface area (Å²) in [6, 6.07) is 10.6. The second-order valence-electron chi connectivity index (χ2n) is 13.6. The van der Waals surface area contributed by atoms with Gasteiger partial charge in [-0.15, -0.1) is 0 Å². The molecule has 16 nitrogen and oxygen atoms in total. The van der Waals surface area contributed by atoms with E-state index in [1.165, 1.54) is 6.92 Å². The lowest BCUT2D eigenvalue weighted by Gasteiger charge is -2.28. The van der Waals surface area contributed by atoms with Crippen molar-refractivity contribution in [1.29, 1.82) is 0 Å². The Balaban J connectivity index is 1.54. The van der Waals surface area contributed by atoms with Crippen molar-refractivity contribution in [1.82, 2.24) is 21.3 Å². The van der Waals surface area contributed by atoms with Crippen molar-refractivity contribution in [2.75, 3.05) is 19.6 Å². The van der Waals surface area contributed by atoms with E-state index in [0.29, 0.717) is 38.6 Å². The Labute approximate surface area is 307 Å². The van der Waals surface area contributed by atoms with Crippen molar-refractivity contribution >= 4 is 52.1 Å². The van der Waals surface area contributed by atoms with Crippen molar-refractivity contribution in [2.45, 2.75) is 89.6 Å². The van der Waals surface area contributed by atoms with Crippen LogP contribution in [0.2, 0.25) is 0 Å². The van der Waals surface area contributed by atoms with Crippen LogP contribution in [0.5, 0.6) is 0 Å². The average Bonchev–Trinajstić information content (AvgIpc) is 3.13. The molecular formula is C37H49N7O9. The smallest absolute Gasteiger partial charge is 0.326 e. The van der Waals surface area contributed by atoms with Gasteiger partial charge in [-0.1, -0.05) is 47.6 Å². The van der Waals surface area contributed by atoms with Crippen LogP contribution < -0.4 is 21.3 Å². The molecule has 0 unspecified atom stereocenters. The molecule has 6 N–H and O–H groups in total. The van der Waals surface area contributed by atoms with E-state index in [4.69, 9.17) is 10.6 Å². The maximum atomic E-state index is 13.6. The number of benzene rings is 2. The summed E-state index contributed by atoms with van der Waals surface area (Å²) in [4.78, 5) is 88.3. The molecule has 0 heterocycles. The van der Waals surface area contributed by atoms with Gasteiger partial charge in [0.1, 0.15) is 18.4 Å². The van der Waals surface area contributed by atoms with Crippen molar-refractivity contribution in [2.24, 2.45) is 22.9 Å². The molecule has 0 spiro atoms. The van der Waals surface area contributed by atoms with Crippen LogP contribution in [0.1, 0.15) is 76.7 Å². The molecule has 3 atom stereocenters. The average molecular weight is 736 g/mol. The first-order chi connectivity index (χ1) is 25.4. The van der Waals surface area contributed by atoms with E-state index in [0.717, 1.165) is 29.2 Å². The molecule has 2 aromatic rings. The summed E-state index contributed by atoms with van der Waals surface area (Å²) in [5, 5.41) is 34.2. The Kier molecular flexibility index (Phi) is 17.2. The highest BCUT2D eigenvalue weighted by atomic mass is 16.4. The molecule has 4 amide bonds. The molecule has 286 valence electrons. The normalized spacial score (nSPS) is 16.9. The number of carboxylic acid groups (broad SMARTS) is 2. The molecule has 53 heavy (non-hydrogen) atoms. The van der Waals surface area contributed by atoms with Crippen LogP contribution in [-0.2, 0) is 35.2 Å². The predicted molar refractivity (Wildman–Crippen MR) is 195 cm³/mol. The summed E-state index contributed by atoms with van der Waals surface area (Å²) in [5.41, 5.74) is 9.30. The van der Waals surface area contributed by atoms with Gasteiger partial charge >= 0.3 is 18.0 Å². The largest absolute Gasteiger partial charge is 0.481 e. The fourth-order valence-corrected chi connectivity index (χ4v) is 6.51. The number of carbonyl (C=O) groups is 7. The molecule has 1 saturated carbocycles. The highest BCUT2D eigenvalue weighted by Crippen LogP contribution is 2.31. The summed E-state index contributed by atoms with van der Waals surface area (Å²) in [5.74, 6) is -4.12. The number of nitrogens with zero attached hydrogens (tertiary/aromatic N) is 3. The van der Waals surface area contributed by atoms with Crippen molar-refractivity contribution in [3.05, 3.63) is 58.5 Å². The van der Waals surface area contributed by atoms with Crippen LogP contribution in [0.4, 0.5) is 4.79 Å². The molecule has 2 aromatic carbocycles. The lowest BCUT2D eigenvalue weighted by Crippen LogP contribution is -2.50. The van der Waals surface area contributed by atoms with Crippen molar-refractivity contribution in [3.63, 3.8) is 0 Å². The molecule has 1 fully saturated rings. The summed E-state index contributed by atoms with van der Waals surface area (Å²) >= 11 is 0. The number of carbonyl (C=O) groups excluding carboxylic acids is 5. The maximum Gasteiger partial charge on any atom is 0.326 e. The number of Topliss-reactive ketones (excluding diaryl/α,β-unsaturated/α-hetero) is 2. The first-order valence-electron chi connectivity index (χ1n) is 17.9. The summed E-state index contributed by atoms with van der Waals surface area (Å²) in [6.07, 6.45) is 3.48. The number of azide groups is 1. The lowest BCUT2D eigenvalue weighted by atomic mass is 9.77. The monoisotopic (exact) mass is 735 g/mol. The van der Waals surface area contributed by atoms with E-state index in [1.54, 1.807) is 0 Å². The van der Waals surface area contributed by atoms with Gasteiger partial charge < -0.3 is 31.5 Å². The van der Waals surface area contributed by atoms with E-state index in [9.17, 15) is 38.7 Å². The first kappa shape index (κ1) is 41.9. The Bertz CT molecular complexity index is 1670. The molecule has 0 aliphatic heterocycles. The summed E-state index contributed by atoms with van der Waals surface area (Å²) < 4.78 is 0. The van der Waals surface area contributed by atoms with Crippen LogP contribution in [0.25, 0.3) is 21.2 Å².